The van der Waals surface area contributed by atoms with Gasteiger partial charge >= 0.3 is 0 Å². The standard InChI is InChI=1S/C7H11ClF2O4S/c1-7(6(9)10)4-13-2-5(14-7)3-15(8,11)12/h5-6H,2-4H2,1H3. The van der Waals surface area contributed by atoms with Gasteiger partial charge in [-0.25, -0.2) is 17.2 Å². The molecule has 0 N–H and O–H groups in total. The molecule has 4 nitrogen and oxygen atoms in total. The molecule has 15 heavy (non-hydrogen) atoms. The van der Waals surface area contributed by atoms with Crippen molar-refractivity contribution in [1.29, 1.82) is 0 Å². The van der Waals surface area contributed by atoms with E-state index in [-0.39, 0.29) is 13.2 Å². The van der Waals surface area contributed by atoms with Gasteiger partial charge in [0.15, 0.2) is 0 Å². The molecule has 0 aromatic heterocycles. The van der Waals surface area contributed by atoms with Crippen LogP contribution in [0.15, 0.2) is 0 Å². The first kappa shape index (κ1) is 13.1. The zero-order valence-corrected chi connectivity index (χ0v) is 9.52. The summed E-state index contributed by atoms with van der Waals surface area (Å²) in [6.07, 6.45) is -3.68. The van der Waals surface area contributed by atoms with Crippen LogP contribution in [0.25, 0.3) is 0 Å². The van der Waals surface area contributed by atoms with Gasteiger partial charge in [-0.2, -0.15) is 0 Å². The predicted molar refractivity (Wildman–Crippen MR) is 49.7 cm³/mol. The molecule has 8 heteroatoms. The van der Waals surface area contributed by atoms with Crippen molar-refractivity contribution in [2.45, 2.75) is 25.1 Å². The zero-order valence-electron chi connectivity index (χ0n) is 7.95. The summed E-state index contributed by atoms with van der Waals surface area (Å²) in [4.78, 5) is 0. The Labute approximate surface area is 90.9 Å². The second kappa shape index (κ2) is 4.48. The maximum atomic E-state index is 12.5. The lowest BCUT2D eigenvalue weighted by Gasteiger charge is -2.37. The fourth-order valence-corrected chi connectivity index (χ4v) is 2.29. The van der Waals surface area contributed by atoms with Gasteiger partial charge in [-0.05, 0) is 6.92 Å². The Bertz CT molecular complexity index is 321. The summed E-state index contributed by atoms with van der Waals surface area (Å²) in [6, 6.07) is 0. The predicted octanol–water partition coefficient (Wildman–Crippen LogP) is 0.994. The van der Waals surface area contributed by atoms with Crippen LogP contribution in [0.5, 0.6) is 0 Å². The van der Waals surface area contributed by atoms with Crippen LogP contribution in [-0.2, 0) is 18.5 Å². The SMILES string of the molecule is CC1(C(F)F)COCC(CS(=O)(=O)Cl)O1. The molecule has 0 amide bonds. The number of ether oxygens (including phenoxy) is 2. The van der Waals surface area contributed by atoms with Crippen LogP contribution in [0.1, 0.15) is 6.92 Å². The van der Waals surface area contributed by atoms with Crippen LogP contribution in [0.2, 0.25) is 0 Å². The van der Waals surface area contributed by atoms with E-state index in [0.29, 0.717) is 0 Å². The van der Waals surface area contributed by atoms with E-state index in [0.717, 1.165) is 0 Å². The highest BCUT2D eigenvalue weighted by Gasteiger charge is 2.42. The van der Waals surface area contributed by atoms with Crippen LogP contribution in [0, 0.1) is 0 Å². The first-order valence-electron chi connectivity index (χ1n) is 4.19. The first-order chi connectivity index (χ1) is 6.73. The Balaban J connectivity index is 2.64. The molecule has 1 rings (SSSR count). The summed E-state index contributed by atoms with van der Waals surface area (Å²) < 4.78 is 56.3. The van der Waals surface area contributed by atoms with E-state index in [1.54, 1.807) is 0 Å². The molecule has 0 bridgehead atoms. The Morgan fingerprint density at radius 3 is 2.67 bits per heavy atom. The van der Waals surface area contributed by atoms with Crippen molar-refractivity contribution in [3.05, 3.63) is 0 Å². The molecule has 1 heterocycles. The minimum absolute atomic E-state index is 0.0474. The summed E-state index contributed by atoms with van der Waals surface area (Å²) >= 11 is 0. The highest BCUT2D eigenvalue weighted by atomic mass is 35.7. The third-order valence-corrected chi connectivity index (χ3v) is 3.12. The molecule has 0 saturated carbocycles. The lowest BCUT2D eigenvalue weighted by atomic mass is 10.1. The number of halogens is 3. The Morgan fingerprint density at radius 1 is 1.60 bits per heavy atom. The van der Waals surface area contributed by atoms with Crippen LogP contribution < -0.4 is 0 Å². The summed E-state index contributed by atoms with van der Waals surface area (Å²) in [5.41, 5.74) is -1.76. The Hall–Kier alpha value is 0.0200. The normalized spacial score (nSPS) is 33.3. The van der Waals surface area contributed by atoms with Gasteiger partial charge in [-0.15, -0.1) is 0 Å². The van der Waals surface area contributed by atoms with Gasteiger partial charge in [0.2, 0.25) is 9.05 Å². The minimum Gasteiger partial charge on any atom is -0.376 e. The monoisotopic (exact) mass is 264 g/mol. The Morgan fingerprint density at radius 2 is 2.20 bits per heavy atom. The number of hydrogen-bond acceptors (Lipinski definition) is 4. The average molecular weight is 265 g/mol. The van der Waals surface area contributed by atoms with Crippen molar-refractivity contribution in [1.82, 2.24) is 0 Å². The molecule has 1 fully saturated rings. The van der Waals surface area contributed by atoms with Gasteiger partial charge in [0, 0.05) is 10.7 Å². The molecule has 0 radical (unpaired) electrons. The molecule has 1 aliphatic heterocycles. The fraction of sp³-hybridized carbons (Fsp3) is 1.00. The van der Waals surface area contributed by atoms with E-state index in [4.69, 9.17) is 20.2 Å². The van der Waals surface area contributed by atoms with Gasteiger partial charge in [-0.1, -0.05) is 0 Å². The molecule has 90 valence electrons. The van der Waals surface area contributed by atoms with E-state index in [9.17, 15) is 17.2 Å². The van der Waals surface area contributed by atoms with Crippen LogP contribution in [0.3, 0.4) is 0 Å². The third-order valence-electron chi connectivity index (χ3n) is 1.97. The molecule has 0 aromatic rings. The number of hydrogen-bond donors (Lipinski definition) is 0. The van der Waals surface area contributed by atoms with Crippen LogP contribution in [0.4, 0.5) is 8.78 Å². The molecule has 2 atom stereocenters. The molecule has 2 unspecified atom stereocenters. The van der Waals surface area contributed by atoms with Crippen molar-refractivity contribution in [2.75, 3.05) is 19.0 Å². The third kappa shape index (κ3) is 3.82. The van der Waals surface area contributed by atoms with Gasteiger partial charge in [0.1, 0.15) is 5.60 Å². The summed E-state index contributed by atoms with van der Waals surface area (Å²) in [7, 11) is 1.21. The lowest BCUT2D eigenvalue weighted by molar-refractivity contribution is -0.231. The maximum Gasteiger partial charge on any atom is 0.269 e. The molecule has 1 saturated heterocycles. The van der Waals surface area contributed by atoms with E-state index in [1.807, 2.05) is 0 Å². The zero-order chi connectivity index (χ0) is 11.7. The van der Waals surface area contributed by atoms with Gasteiger partial charge < -0.3 is 9.47 Å². The molecule has 0 aliphatic carbocycles. The summed E-state index contributed by atoms with van der Waals surface area (Å²) in [6.45, 7) is 0.864. The van der Waals surface area contributed by atoms with Gasteiger partial charge in [0.05, 0.1) is 25.1 Å². The van der Waals surface area contributed by atoms with E-state index in [2.05, 4.69) is 0 Å². The summed E-state index contributed by atoms with van der Waals surface area (Å²) in [5.74, 6) is -0.531. The largest absolute Gasteiger partial charge is 0.376 e. The van der Waals surface area contributed by atoms with Gasteiger partial charge in [0.25, 0.3) is 6.43 Å². The maximum absolute atomic E-state index is 12.5. The summed E-state index contributed by atoms with van der Waals surface area (Å²) in [5, 5.41) is 0. The van der Waals surface area contributed by atoms with Crippen LogP contribution in [-0.4, -0.2) is 45.5 Å². The molecule has 0 aromatic carbocycles. The molecule has 0 spiro atoms. The average Bonchev–Trinajstić information content (AvgIpc) is 2.00. The van der Waals surface area contributed by atoms with Crippen molar-refractivity contribution in [3.8, 4) is 0 Å². The molecule has 1 aliphatic rings. The van der Waals surface area contributed by atoms with Crippen LogP contribution >= 0.6 is 10.7 Å². The number of alkyl halides is 2. The van der Waals surface area contributed by atoms with E-state index in [1.165, 1.54) is 6.92 Å². The second-order valence-electron chi connectivity index (χ2n) is 3.57. The second-order valence-corrected chi connectivity index (χ2v) is 6.40. The van der Waals surface area contributed by atoms with E-state index >= 15 is 0 Å². The fourth-order valence-electron chi connectivity index (χ4n) is 1.26. The van der Waals surface area contributed by atoms with Crippen molar-refractivity contribution < 1.29 is 26.7 Å². The minimum atomic E-state index is -3.78. The Kier molecular flexibility index (Phi) is 3.91. The lowest BCUT2D eigenvalue weighted by Crippen LogP contribution is -2.51. The highest BCUT2D eigenvalue weighted by Crippen LogP contribution is 2.27. The highest BCUT2D eigenvalue weighted by molar-refractivity contribution is 8.13. The molecular weight excluding hydrogens is 254 g/mol. The van der Waals surface area contributed by atoms with Crippen molar-refractivity contribution >= 4 is 19.7 Å². The molecular formula is C7H11ClF2O4S. The van der Waals surface area contributed by atoms with Crippen molar-refractivity contribution in [2.24, 2.45) is 0 Å². The first-order valence-corrected chi connectivity index (χ1v) is 6.67. The topological polar surface area (TPSA) is 52.6 Å². The quantitative estimate of drug-likeness (QED) is 0.714. The van der Waals surface area contributed by atoms with Gasteiger partial charge in [-0.3, -0.25) is 0 Å². The van der Waals surface area contributed by atoms with Crippen molar-refractivity contribution in [3.63, 3.8) is 0 Å². The number of rotatable bonds is 3. The van der Waals surface area contributed by atoms with E-state index < -0.39 is 32.9 Å². The smallest absolute Gasteiger partial charge is 0.269 e.